The Morgan fingerprint density at radius 3 is 2.87 bits per heavy atom. The van der Waals surface area contributed by atoms with Gasteiger partial charge in [0.1, 0.15) is 11.0 Å². The molecular weight excluding hydrogens is 314 g/mol. The van der Waals surface area contributed by atoms with Crippen LogP contribution >= 0.6 is 11.3 Å². The van der Waals surface area contributed by atoms with Crippen LogP contribution < -0.4 is 10.2 Å². The summed E-state index contributed by atoms with van der Waals surface area (Å²) < 4.78 is 5.79. The van der Waals surface area contributed by atoms with E-state index in [4.69, 9.17) is 4.42 Å². The number of oxazole rings is 1. The number of benzene rings is 1. The van der Waals surface area contributed by atoms with Gasteiger partial charge in [0.25, 0.3) is 6.01 Å². The number of anilines is 2. The minimum atomic E-state index is -0.0143. The van der Waals surface area contributed by atoms with Gasteiger partial charge in [0, 0.05) is 19.0 Å². The van der Waals surface area contributed by atoms with E-state index in [1.54, 1.807) is 5.51 Å². The average molecular weight is 329 g/mol. The molecule has 1 amide bonds. The number of hydrogen-bond acceptors (Lipinski definition) is 7. The molecule has 7 nitrogen and oxygen atoms in total. The van der Waals surface area contributed by atoms with Gasteiger partial charge in [-0.25, -0.2) is 0 Å². The van der Waals surface area contributed by atoms with Gasteiger partial charge in [0.05, 0.1) is 0 Å². The van der Waals surface area contributed by atoms with Crippen molar-refractivity contribution in [1.29, 1.82) is 0 Å². The summed E-state index contributed by atoms with van der Waals surface area (Å²) in [7, 11) is 0. The third-order valence-corrected chi connectivity index (χ3v) is 4.62. The molecule has 0 unspecified atom stereocenters. The number of amides is 1. The summed E-state index contributed by atoms with van der Waals surface area (Å²) in [6.45, 7) is 1.50. The largest absolute Gasteiger partial charge is 0.423 e. The van der Waals surface area contributed by atoms with Crippen molar-refractivity contribution in [3.8, 4) is 0 Å². The van der Waals surface area contributed by atoms with Crippen molar-refractivity contribution in [3.63, 3.8) is 0 Å². The highest BCUT2D eigenvalue weighted by Crippen LogP contribution is 2.27. The second-order valence-electron chi connectivity index (χ2n) is 5.46. The molecule has 1 aliphatic rings. The first-order chi connectivity index (χ1) is 11.3. The van der Waals surface area contributed by atoms with Crippen LogP contribution in [0.4, 0.5) is 11.1 Å². The van der Waals surface area contributed by atoms with E-state index in [-0.39, 0.29) is 11.8 Å². The highest BCUT2D eigenvalue weighted by molar-refractivity contribution is 7.13. The molecule has 1 aliphatic heterocycles. The molecule has 0 bridgehead atoms. The lowest BCUT2D eigenvalue weighted by atomic mass is 9.96. The van der Waals surface area contributed by atoms with Crippen LogP contribution in [-0.4, -0.2) is 34.2 Å². The van der Waals surface area contributed by atoms with Gasteiger partial charge in [-0.2, -0.15) is 4.98 Å². The van der Waals surface area contributed by atoms with Crippen LogP contribution in [0.5, 0.6) is 0 Å². The number of para-hydroxylation sites is 2. The van der Waals surface area contributed by atoms with E-state index in [0.717, 1.165) is 37.0 Å². The van der Waals surface area contributed by atoms with Crippen LogP contribution in [0.2, 0.25) is 0 Å². The van der Waals surface area contributed by atoms with Gasteiger partial charge in [-0.15, -0.1) is 10.2 Å². The lowest BCUT2D eigenvalue weighted by Gasteiger charge is -2.29. The van der Waals surface area contributed by atoms with Crippen molar-refractivity contribution in [3.05, 3.63) is 29.8 Å². The van der Waals surface area contributed by atoms with E-state index >= 15 is 0 Å². The van der Waals surface area contributed by atoms with Crippen molar-refractivity contribution in [2.45, 2.75) is 12.8 Å². The fraction of sp³-hybridized carbons (Fsp3) is 0.333. The van der Waals surface area contributed by atoms with Crippen molar-refractivity contribution in [2.24, 2.45) is 5.92 Å². The number of fused-ring (bicyclic) bond motifs is 1. The molecule has 2 aromatic heterocycles. The molecule has 3 aromatic rings. The third-order valence-electron chi connectivity index (χ3n) is 4.01. The zero-order valence-electron chi connectivity index (χ0n) is 12.3. The molecule has 0 atom stereocenters. The van der Waals surface area contributed by atoms with Gasteiger partial charge in [0.2, 0.25) is 11.0 Å². The number of aromatic nitrogens is 3. The first-order valence-electron chi connectivity index (χ1n) is 7.47. The normalized spacial score (nSPS) is 15.9. The number of piperidine rings is 1. The van der Waals surface area contributed by atoms with Crippen LogP contribution in [0.3, 0.4) is 0 Å². The number of nitrogens with zero attached hydrogens (tertiary/aromatic N) is 4. The lowest BCUT2D eigenvalue weighted by Crippen LogP contribution is -2.38. The molecule has 0 spiro atoms. The molecular formula is C15H15N5O2S. The Labute approximate surface area is 136 Å². The summed E-state index contributed by atoms with van der Waals surface area (Å²) in [6, 6.07) is 8.35. The quantitative estimate of drug-likeness (QED) is 0.795. The first-order valence-corrected chi connectivity index (χ1v) is 8.35. The maximum atomic E-state index is 12.2. The topological polar surface area (TPSA) is 84.2 Å². The number of carbonyl (C=O) groups excluding carboxylic acids is 1. The molecule has 118 valence electrons. The van der Waals surface area contributed by atoms with Crippen LogP contribution in [0.25, 0.3) is 11.1 Å². The SMILES string of the molecule is O=C(Nc1nncs1)C1CCN(c2nc3ccccc3o2)CC1. The van der Waals surface area contributed by atoms with E-state index in [2.05, 4.69) is 25.4 Å². The van der Waals surface area contributed by atoms with Gasteiger partial charge >= 0.3 is 0 Å². The zero-order chi connectivity index (χ0) is 15.6. The first kappa shape index (κ1) is 14.1. The fourth-order valence-electron chi connectivity index (χ4n) is 2.76. The highest BCUT2D eigenvalue weighted by atomic mass is 32.1. The van der Waals surface area contributed by atoms with E-state index in [1.807, 2.05) is 24.3 Å². The molecule has 0 saturated carbocycles. The Bertz CT molecular complexity index is 775. The smallest absolute Gasteiger partial charge is 0.298 e. The minimum Gasteiger partial charge on any atom is -0.423 e. The van der Waals surface area contributed by atoms with E-state index in [1.165, 1.54) is 11.3 Å². The summed E-state index contributed by atoms with van der Waals surface area (Å²) >= 11 is 1.33. The Kier molecular flexibility index (Phi) is 3.66. The van der Waals surface area contributed by atoms with E-state index < -0.39 is 0 Å². The predicted molar refractivity (Wildman–Crippen MR) is 87.5 cm³/mol. The average Bonchev–Trinajstić information content (AvgIpc) is 3.24. The Morgan fingerprint density at radius 2 is 2.13 bits per heavy atom. The predicted octanol–water partition coefficient (Wildman–Crippen LogP) is 2.53. The molecule has 4 rings (SSSR count). The second-order valence-corrected chi connectivity index (χ2v) is 6.29. The molecule has 3 heterocycles. The minimum absolute atomic E-state index is 0.0129. The Hall–Kier alpha value is -2.48. The second kappa shape index (κ2) is 5.96. The fourth-order valence-corrected chi connectivity index (χ4v) is 3.21. The molecule has 1 aromatic carbocycles. The maximum Gasteiger partial charge on any atom is 0.298 e. The summed E-state index contributed by atoms with van der Waals surface area (Å²) in [5, 5.41) is 10.9. The van der Waals surface area contributed by atoms with Crippen molar-refractivity contribution >= 4 is 39.5 Å². The van der Waals surface area contributed by atoms with Crippen LogP contribution in [0.15, 0.2) is 34.2 Å². The maximum absolute atomic E-state index is 12.2. The molecule has 23 heavy (non-hydrogen) atoms. The van der Waals surface area contributed by atoms with Crippen LogP contribution in [0.1, 0.15) is 12.8 Å². The van der Waals surface area contributed by atoms with Crippen molar-refractivity contribution in [2.75, 3.05) is 23.3 Å². The van der Waals surface area contributed by atoms with Gasteiger partial charge < -0.3 is 14.6 Å². The Morgan fingerprint density at radius 1 is 1.30 bits per heavy atom. The standard InChI is InChI=1S/C15H15N5O2S/c21-13(18-14-19-16-9-23-14)10-5-7-20(8-6-10)15-17-11-3-1-2-4-12(11)22-15/h1-4,9-10H,5-8H2,(H,18,19,21). The molecule has 1 saturated heterocycles. The van der Waals surface area contributed by atoms with E-state index in [9.17, 15) is 4.79 Å². The summed E-state index contributed by atoms with van der Waals surface area (Å²) in [5.74, 6) is -0.00139. The van der Waals surface area contributed by atoms with Crippen LogP contribution in [-0.2, 0) is 4.79 Å². The monoisotopic (exact) mass is 329 g/mol. The number of rotatable bonds is 3. The van der Waals surface area contributed by atoms with Gasteiger partial charge in [-0.1, -0.05) is 23.5 Å². The Balaban J connectivity index is 1.39. The lowest BCUT2D eigenvalue weighted by molar-refractivity contribution is -0.120. The third kappa shape index (κ3) is 2.89. The summed E-state index contributed by atoms with van der Waals surface area (Å²) in [5.41, 5.74) is 3.25. The summed E-state index contributed by atoms with van der Waals surface area (Å²) in [6.07, 6.45) is 1.53. The van der Waals surface area contributed by atoms with Gasteiger partial charge in [-0.3, -0.25) is 4.79 Å². The number of hydrogen-bond donors (Lipinski definition) is 1. The molecule has 0 aliphatic carbocycles. The molecule has 1 fully saturated rings. The van der Waals surface area contributed by atoms with Crippen molar-refractivity contribution in [1.82, 2.24) is 15.2 Å². The highest BCUT2D eigenvalue weighted by Gasteiger charge is 2.27. The van der Waals surface area contributed by atoms with E-state index in [0.29, 0.717) is 11.1 Å². The number of carbonyl (C=O) groups is 1. The summed E-state index contributed by atoms with van der Waals surface area (Å²) in [4.78, 5) is 18.8. The molecule has 0 radical (unpaired) electrons. The number of nitrogens with one attached hydrogen (secondary N) is 1. The van der Waals surface area contributed by atoms with Crippen molar-refractivity contribution < 1.29 is 9.21 Å². The molecule has 1 N–H and O–H groups in total. The molecule has 8 heteroatoms. The van der Waals surface area contributed by atoms with Gasteiger partial charge in [0.15, 0.2) is 5.58 Å². The van der Waals surface area contributed by atoms with Gasteiger partial charge in [-0.05, 0) is 25.0 Å². The zero-order valence-corrected chi connectivity index (χ0v) is 13.1. The van der Waals surface area contributed by atoms with Crippen LogP contribution in [0, 0.1) is 5.92 Å².